The molecule has 2 atom stereocenters. The van der Waals surface area contributed by atoms with Crippen molar-refractivity contribution < 1.29 is 22.7 Å². The number of rotatable bonds is 14. The molecule has 1 N–H and O–H groups in total. The highest BCUT2D eigenvalue weighted by atomic mass is 35.5. The van der Waals surface area contributed by atoms with Crippen LogP contribution in [0, 0.1) is 0 Å². The third-order valence-corrected chi connectivity index (χ3v) is 10.4. The molecule has 0 spiro atoms. The SMILES string of the molecule is CC[C@H](C)NC(=O)[C@@H](Cc1ccccc1)N(Cc1ccc(Cl)c(Cl)c1)C(=O)CN(c1cc(Cl)ccc1OC)S(=O)(=O)c1ccccc1. The number of sulfonamides is 1. The number of hydrogen-bond donors (Lipinski definition) is 1. The number of hydrogen-bond acceptors (Lipinski definition) is 5. The van der Waals surface area contributed by atoms with Crippen LogP contribution in [0.4, 0.5) is 5.69 Å². The van der Waals surface area contributed by atoms with Gasteiger partial charge in [-0.3, -0.25) is 13.9 Å². The van der Waals surface area contributed by atoms with Crippen LogP contribution in [0.1, 0.15) is 31.4 Å². The molecule has 0 fully saturated rings. The molecular weight excluding hydrogens is 681 g/mol. The second-order valence-electron chi connectivity index (χ2n) is 10.9. The second kappa shape index (κ2) is 16.4. The van der Waals surface area contributed by atoms with E-state index in [0.717, 1.165) is 9.87 Å². The van der Waals surface area contributed by atoms with Crippen molar-refractivity contribution in [2.24, 2.45) is 0 Å². The van der Waals surface area contributed by atoms with Crippen LogP contribution in [0.15, 0.2) is 102 Å². The van der Waals surface area contributed by atoms with Gasteiger partial charge in [0.25, 0.3) is 10.0 Å². The highest BCUT2D eigenvalue weighted by molar-refractivity contribution is 7.92. The molecule has 8 nitrogen and oxygen atoms in total. The van der Waals surface area contributed by atoms with Crippen LogP contribution in [0.25, 0.3) is 0 Å². The summed E-state index contributed by atoms with van der Waals surface area (Å²) >= 11 is 18.9. The number of ether oxygens (including phenoxy) is 1. The number of halogens is 3. The molecule has 0 aliphatic heterocycles. The monoisotopic (exact) mass is 715 g/mol. The minimum atomic E-state index is -4.34. The van der Waals surface area contributed by atoms with E-state index in [1.807, 2.05) is 44.2 Å². The summed E-state index contributed by atoms with van der Waals surface area (Å²) < 4.78 is 34.9. The van der Waals surface area contributed by atoms with Crippen molar-refractivity contribution >= 4 is 62.3 Å². The van der Waals surface area contributed by atoms with Gasteiger partial charge in [0.1, 0.15) is 18.3 Å². The van der Waals surface area contributed by atoms with Crippen molar-refractivity contribution in [1.82, 2.24) is 10.2 Å². The highest BCUT2D eigenvalue weighted by Gasteiger charge is 2.36. The molecule has 0 aromatic heterocycles. The van der Waals surface area contributed by atoms with E-state index < -0.39 is 28.5 Å². The van der Waals surface area contributed by atoms with Gasteiger partial charge < -0.3 is 15.0 Å². The first kappa shape index (κ1) is 36.1. The van der Waals surface area contributed by atoms with Crippen LogP contribution >= 0.6 is 34.8 Å². The number of carbonyl (C=O) groups excluding carboxylic acids is 2. The fourth-order valence-electron chi connectivity index (χ4n) is 4.92. The average Bonchev–Trinajstić information content (AvgIpc) is 3.07. The van der Waals surface area contributed by atoms with E-state index in [9.17, 15) is 18.0 Å². The summed E-state index contributed by atoms with van der Waals surface area (Å²) in [6.45, 7) is 3.09. The number of methoxy groups -OCH3 is 1. The average molecular weight is 717 g/mol. The molecule has 0 saturated carbocycles. The molecule has 4 rings (SSSR count). The molecule has 2 amide bonds. The molecule has 0 heterocycles. The first-order valence-electron chi connectivity index (χ1n) is 14.9. The van der Waals surface area contributed by atoms with E-state index in [-0.39, 0.29) is 51.3 Å². The van der Waals surface area contributed by atoms with Gasteiger partial charge in [0, 0.05) is 24.0 Å². The van der Waals surface area contributed by atoms with Crippen LogP contribution in [0.5, 0.6) is 5.75 Å². The zero-order valence-electron chi connectivity index (χ0n) is 26.2. The largest absolute Gasteiger partial charge is 0.495 e. The van der Waals surface area contributed by atoms with Crippen LogP contribution in [-0.2, 0) is 32.6 Å². The van der Waals surface area contributed by atoms with E-state index in [0.29, 0.717) is 17.0 Å². The Morgan fingerprint density at radius 3 is 2.13 bits per heavy atom. The van der Waals surface area contributed by atoms with Gasteiger partial charge in [0.15, 0.2) is 0 Å². The maximum atomic E-state index is 14.6. The van der Waals surface area contributed by atoms with E-state index in [4.69, 9.17) is 39.5 Å². The van der Waals surface area contributed by atoms with Crippen molar-refractivity contribution in [1.29, 1.82) is 0 Å². The minimum absolute atomic E-state index is 0.0405. The van der Waals surface area contributed by atoms with Crippen molar-refractivity contribution in [2.75, 3.05) is 18.0 Å². The lowest BCUT2D eigenvalue weighted by atomic mass is 10.0. The molecule has 0 aliphatic carbocycles. The number of nitrogens with one attached hydrogen (secondary N) is 1. The molecule has 4 aromatic rings. The number of anilines is 1. The third-order valence-electron chi connectivity index (χ3n) is 7.63. The van der Waals surface area contributed by atoms with Crippen molar-refractivity contribution in [3.63, 3.8) is 0 Å². The minimum Gasteiger partial charge on any atom is -0.495 e. The van der Waals surface area contributed by atoms with Gasteiger partial charge in [-0.05, 0) is 66.9 Å². The smallest absolute Gasteiger partial charge is 0.264 e. The molecule has 0 saturated heterocycles. The zero-order valence-corrected chi connectivity index (χ0v) is 29.3. The highest BCUT2D eigenvalue weighted by Crippen LogP contribution is 2.35. The molecule has 47 heavy (non-hydrogen) atoms. The van der Waals surface area contributed by atoms with Gasteiger partial charge in [0.2, 0.25) is 11.8 Å². The van der Waals surface area contributed by atoms with Gasteiger partial charge in [-0.25, -0.2) is 8.42 Å². The molecule has 0 aliphatic rings. The Morgan fingerprint density at radius 2 is 1.51 bits per heavy atom. The Balaban J connectivity index is 1.86. The summed E-state index contributed by atoms with van der Waals surface area (Å²) in [5.74, 6) is -0.833. The van der Waals surface area contributed by atoms with Crippen LogP contribution in [0.2, 0.25) is 15.1 Å². The fraction of sp³-hybridized carbons (Fsp3) is 0.257. The van der Waals surface area contributed by atoms with Gasteiger partial charge in [-0.1, -0.05) is 96.3 Å². The molecule has 12 heteroatoms. The first-order valence-corrected chi connectivity index (χ1v) is 17.5. The second-order valence-corrected chi connectivity index (χ2v) is 14.0. The normalized spacial score (nSPS) is 12.6. The maximum absolute atomic E-state index is 14.6. The lowest BCUT2D eigenvalue weighted by Gasteiger charge is -2.34. The zero-order chi connectivity index (χ0) is 34.1. The molecule has 248 valence electrons. The van der Waals surface area contributed by atoms with Gasteiger partial charge in [-0.15, -0.1) is 0 Å². The Labute approximate surface area is 291 Å². The Hall–Kier alpha value is -3.76. The summed E-state index contributed by atoms with van der Waals surface area (Å²) in [6.07, 6.45) is 0.838. The topological polar surface area (TPSA) is 96.0 Å². The summed E-state index contributed by atoms with van der Waals surface area (Å²) in [5, 5.41) is 3.85. The Morgan fingerprint density at radius 1 is 0.851 bits per heavy atom. The van der Waals surface area contributed by atoms with E-state index in [2.05, 4.69) is 5.32 Å². The van der Waals surface area contributed by atoms with E-state index in [1.165, 1.54) is 36.3 Å². The van der Waals surface area contributed by atoms with Crippen molar-refractivity contribution in [3.8, 4) is 5.75 Å². The predicted molar refractivity (Wildman–Crippen MR) is 188 cm³/mol. The first-order chi connectivity index (χ1) is 22.4. The standard InChI is InChI=1S/C35H36Cl3N3O5S/c1-4-24(2)39-35(43)32(20-25-11-7-5-8-12-25)40(22-26-15-17-29(37)30(38)19-26)34(42)23-41(31-21-27(36)16-18-33(31)46-3)47(44,45)28-13-9-6-10-14-28/h5-19,21,24,32H,4,20,22-23H2,1-3H3,(H,39,43)/t24-,32+/m0/s1. The van der Waals surface area contributed by atoms with Crippen molar-refractivity contribution in [2.45, 2.75) is 50.2 Å². The van der Waals surface area contributed by atoms with Gasteiger partial charge in [-0.2, -0.15) is 0 Å². The van der Waals surface area contributed by atoms with Gasteiger partial charge >= 0.3 is 0 Å². The van der Waals surface area contributed by atoms with E-state index in [1.54, 1.807) is 42.5 Å². The van der Waals surface area contributed by atoms with Crippen LogP contribution in [0.3, 0.4) is 0 Å². The fourth-order valence-corrected chi connectivity index (χ4v) is 6.85. The Bertz CT molecular complexity index is 1790. The molecular formula is C35H36Cl3N3O5S. The van der Waals surface area contributed by atoms with Crippen LogP contribution in [-0.4, -0.2) is 50.9 Å². The number of benzene rings is 4. The summed E-state index contributed by atoms with van der Waals surface area (Å²) in [5.41, 5.74) is 1.48. The molecule has 0 unspecified atom stereocenters. The van der Waals surface area contributed by atoms with Crippen molar-refractivity contribution in [3.05, 3.63) is 123 Å². The summed E-state index contributed by atoms with van der Waals surface area (Å²) in [7, 11) is -2.94. The summed E-state index contributed by atoms with van der Waals surface area (Å²) in [6, 6.07) is 25.3. The number of amides is 2. The predicted octanol–water partition coefficient (Wildman–Crippen LogP) is 7.41. The van der Waals surface area contributed by atoms with Crippen LogP contribution < -0.4 is 14.4 Å². The number of nitrogens with zero attached hydrogens (tertiary/aromatic N) is 2. The van der Waals surface area contributed by atoms with E-state index >= 15 is 0 Å². The third kappa shape index (κ3) is 9.20. The maximum Gasteiger partial charge on any atom is 0.264 e. The Kier molecular flexibility index (Phi) is 12.6. The quantitative estimate of drug-likeness (QED) is 0.147. The lowest BCUT2D eigenvalue weighted by Crippen LogP contribution is -2.54. The molecule has 4 aromatic carbocycles. The molecule has 0 radical (unpaired) electrons. The lowest BCUT2D eigenvalue weighted by molar-refractivity contribution is -0.140. The van der Waals surface area contributed by atoms with Gasteiger partial charge in [0.05, 0.1) is 27.7 Å². The summed E-state index contributed by atoms with van der Waals surface area (Å²) in [4.78, 5) is 30.0. The molecule has 0 bridgehead atoms. The number of carbonyl (C=O) groups is 2.